The average molecular weight is 757 g/mol. The Hall–Kier alpha value is -2.63. The summed E-state index contributed by atoms with van der Waals surface area (Å²) >= 11 is 0. The number of hydrogen-bond acceptors (Lipinski definition) is 6. The highest BCUT2D eigenvalue weighted by Crippen LogP contribution is 2.14. The number of ether oxygens (including phenoxy) is 3. The molecule has 0 spiro atoms. The van der Waals surface area contributed by atoms with E-state index in [0.29, 0.717) is 12.8 Å². The van der Waals surface area contributed by atoms with Gasteiger partial charge in [0.15, 0.2) is 6.10 Å². The van der Waals surface area contributed by atoms with Crippen LogP contribution in [0, 0.1) is 0 Å². The Morgan fingerprint density at radius 3 is 1.20 bits per heavy atom. The van der Waals surface area contributed by atoms with Gasteiger partial charge in [-0.1, -0.05) is 191 Å². The molecule has 0 radical (unpaired) electrons. The normalized spacial score (nSPS) is 12.4. The van der Waals surface area contributed by atoms with Crippen LogP contribution in [0.5, 0.6) is 0 Å². The molecule has 312 valence electrons. The van der Waals surface area contributed by atoms with E-state index in [1.807, 2.05) is 6.08 Å². The van der Waals surface area contributed by atoms with E-state index in [2.05, 4.69) is 57.2 Å². The van der Waals surface area contributed by atoms with Crippen LogP contribution in [0.4, 0.5) is 0 Å². The van der Waals surface area contributed by atoms with Gasteiger partial charge in [-0.3, -0.25) is 14.4 Å². The van der Waals surface area contributed by atoms with Crippen molar-refractivity contribution >= 4 is 17.9 Å². The summed E-state index contributed by atoms with van der Waals surface area (Å²) in [6.45, 7) is 6.39. The monoisotopic (exact) mass is 757 g/mol. The van der Waals surface area contributed by atoms with Crippen LogP contribution in [0.15, 0.2) is 48.6 Å². The molecule has 54 heavy (non-hydrogen) atoms. The third kappa shape index (κ3) is 40.6. The Morgan fingerprint density at radius 2 is 0.778 bits per heavy atom. The second-order valence-electron chi connectivity index (χ2n) is 14.9. The zero-order valence-corrected chi connectivity index (χ0v) is 35.5. The zero-order chi connectivity index (χ0) is 39.4. The second-order valence-corrected chi connectivity index (χ2v) is 14.9. The van der Waals surface area contributed by atoms with E-state index in [1.54, 1.807) is 6.08 Å². The average Bonchev–Trinajstić information content (AvgIpc) is 3.17. The van der Waals surface area contributed by atoms with E-state index in [1.165, 1.54) is 116 Å². The second kappa shape index (κ2) is 43.1. The standard InChI is InChI=1S/C48H84O6/c1-4-7-10-13-16-19-20-21-22-23-24-25-26-27-30-32-35-38-41-47(50)53-44-45(54-48(51)42-39-36-33-29-18-15-12-9-6-3)43-52-46(49)40-37-34-31-28-17-14-11-8-5-2/h9,12,18,24-25,29,36,39,45H,4-8,10-11,13-17,19-23,26-28,30-35,37-38,40-44H2,1-3H3/b12-9-,25-24-,29-18-,39-36-. The lowest BCUT2D eigenvalue weighted by atomic mass is 10.1. The van der Waals surface area contributed by atoms with Gasteiger partial charge in [-0.2, -0.15) is 0 Å². The first-order valence-electron chi connectivity index (χ1n) is 22.6. The molecule has 0 heterocycles. The maximum atomic E-state index is 12.6. The third-order valence-corrected chi connectivity index (χ3v) is 9.60. The lowest BCUT2D eigenvalue weighted by Gasteiger charge is -2.18. The highest BCUT2D eigenvalue weighted by molar-refractivity contribution is 5.72. The van der Waals surface area contributed by atoms with E-state index in [0.717, 1.165) is 64.2 Å². The molecule has 1 unspecified atom stereocenters. The predicted octanol–water partition coefficient (Wildman–Crippen LogP) is 14.4. The zero-order valence-electron chi connectivity index (χ0n) is 35.5. The van der Waals surface area contributed by atoms with Crippen LogP contribution in [0.3, 0.4) is 0 Å². The lowest BCUT2D eigenvalue weighted by molar-refractivity contribution is -0.166. The van der Waals surface area contributed by atoms with Gasteiger partial charge in [-0.15, -0.1) is 0 Å². The number of carbonyl (C=O) groups excluding carboxylic acids is 3. The van der Waals surface area contributed by atoms with Gasteiger partial charge in [0.1, 0.15) is 13.2 Å². The topological polar surface area (TPSA) is 78.9 Å². The summed E-state index contributed by atoms with van der Waals surface area (Å²) in [6.07, 6.45) is 50.0. The molecule has 0 saturated heterocycles. The van der Waals surface area contributed by atoms with Crippen molar-refractivity contribution < 1.29 is 28.6 Å². The molecule has 0 aromatic heterocycles. The third-order valence-electron chi connectivity index (χ3n) is 9.60. The van der Waals surface area contributed by atoms with Gasteiger partial charge in [-0.25, -0.2) is 0 Å². The van der Waals surface area contributed by atoms with Crippen molar-refractivity contribution in [1.82, 2.24) is 0 Å². The largest absolute Gasteiger partial charge is 0.462 e. The van der Waals surface area contributed by atoms with Gasteiger partial charge in [0.05, 0.1) is 6.42 Å². The number of esters is 3. The maximum Gasteiger partial charge on any atom is 0.310 e. The van der Waals surface area contributed by atoms with Crippen molar-refractivity contribution in [1.29, 1.82) is 0 Å². The highest BCUT2D eigenvalue weighted by Gasteiger charge is 2.19. The number of unbranched alkanes of at least 4 members (excludes halogenated alkanes) is 22. The SMILES string of the molecule is CC/C=C\C/C=C\C/C=C\CC(=O)OC(COC(=O)CCCCCCC/C=C\CCCCCCCCCCC)COC(=O)CCCCCCCCCCC. The van der Waals surface area contributed by atoms with E-state index < -0.39 is 12.1 Å². The van der Waals surface area contributed by atoms with E-state index >= 15 is 0 Å². The van der Waals surface area contributed by atoms with Crippen LogP contribution < -0.4 is 0 Å². The number of carbonyl (C=O) groups is 3. The van der Waals surface area contributed by atoms with Crippen LogP contribution in [0.1, 0.15) is 220 Å². The minimum atomic E-state index is -0.819. The molecule has 0 fully saturated rings. The van der Waals surface area contributed by atoms with Crippen LogP contribution in [0.2, 0.25) is 0 Å². The van der Waals surface area contributed by atoms with Gasteiger partial charge in [0, 0.05) is 12.8 Å². The summed E-state index contributed by atoms with van der Waals surface area (Å²) in [7, 11) is 0. The fraction of sp³-hybridized carbons (Fsp3) is 0.771. The Balaban J connectivity index is 4.32. The molecule has 6 nitrogen and oxygen atoms in total. The van der Waals surface area contributed by atoms with E-state index in [9.17, 15) is 14.4 Å². The molecular weight excluding hydrogens is 673 g/mol. The lowest BCUT2D eigenvalue weighted by Crippen LogP contribution is -2.30. The van der Waals surface area contributed by atoms with E-state index in [4.69, 9.17) is 14.2 Å². The summed E-state index contributed by atoms with van der Waals surface area (Å²) in [6, 6.07) is 0. The molecule has 0 aromatic carbocycles. The Kier molecular flexibility index (Phi) is 41.0. The van der Waals surface area contributed by atoms with Crippen molar-refractivity contribution in [2.75, 3.05) is 13.2 Å². The van der Waals surface area contributed by atoms with Gasteiger partial charge in [-0.05, 0) is 57.8 Å². The molecule has 0 aromatic rings. The smallest absolute Gasteiger partial charge is 0.310 e. The Bertz CT molecular complexity index is 964. The van der Waals surface area contributed by atoms with Crippen molar-refractivity contribution in [2.24, 2.45) is 0 Å². The molecule has 0 amide bonds. The first-order chi connectivity index (χ1) is 26.5. The summed E-state index contributed by atoms with van der Waals surface area (Å²) in [5.74, 6) is -1.05. The van der Waals surface area contributed by atoms with Gasteiger partial charge in [0.2, 0.25) is 0 Å². The van der Waals surface area contributed by atoms with Crippen LogP contribution >= 0.6 is 0 Å². The van der Waals surface area contributed by atoms with Crippen molar-refractivity contribution in [3.05, 3.63) is 48.6 Å². The van der Waals surface area contributed by atoms with Crippen molar-refractivity contribution in [2.45, 2.75) is 226 Å². The van der Waals surface area contributed by atoms with Crippen LogP contribution in [-0.2, 0) is 28.6 Å². The molecule has 0 aliphatic rings. The summed E-state index contributed by atoms with van der Waals surface area (Å²) in [5, 5.41) is 0. The van der Waals surface area contributed by atoms with E-state index in [-0.39, 0.29) is 31.6 Å². The molecule has 0 aliphatic carbocycles. The fourth-order valence-corrected chi connectivity index (χ4v) is 6.20. The molecule has 0 saturated carbocycles. The first kappa shape index (κ1) is 51.4. The quantitative estimate of drug-likeness (QED) is 0.0268. The molecule has 0 aliphatic heterocycles. The maximum absolute atomic E-state index is 12.6. The minimum absolute atomic E-state index is 0.107. The summed E-state index contributed by atoms with van der Waals surface area (Å²) in [5.41, 5.74) is 0. The van der Waals surface area contributed by atoms with Gasteiger partial charge < -0.3 is 14.2 Å². The Labute approximate surface area is 333 Å². The molecular formula is C48H84O6. The Morgan fingerprint density at radius 1 is 0.407 bits per heavy atom. The highest BCUT2D eigenvalue weighted by atomic mass is 16.6. The molecule has 0 N–H and O–H groups in total. The molecule has 6 heteroatoms. The van der Waals surface area contributed by atoms with Gasteiger partial charge >= 0.3 is 17.9 Å². The molecule has 0 rings (SSSR count). The molecule has 0 bridgehead atoms. The van der Waals surface area contributed by atoms with Gasteiger partial charge in [0.25, 0.3) is 0 Å². The predicted molar refractivity (Wildman–Crippen MR) is 229 cm³/mol. The number of hydrogen-bond donors (Lipinski definition) is 0. The van der Waals surface area contributed by atoms with Crippen LogP contribution in [0.25, 0.3) is 0 Å². The van der Waals surface area contributed by atoms with Crippen LogP contribution in [-0.4, -0.2) is 37.2 Å². The first-order valence-corrected chi connectivity index (χ1v) is 22.6. The summed E-state index contributed by atoms with van der Waals surface area (Å²) in [4.78, 5) is 37.5. The van der Waals surface area contributed by atoms with Crippen molar-refractivity contribution in [3.63, 3.8) is 0 Å². The van der Waals surface area contributed by atoms with Crippen molar-refractivity contribution in [3.8, 4) is 0 Å². The summed E-state index contributed by atoms with van der Waals surface area (Å²) < 4.78 is 16.5. The minimum Gasteiger partial charge on any atom is -0.462 e. The fourth-order valence-electron chi connectivity index (χ4n) is 6.20. The molecule has 1 atom stereocenters. The number of allylic oxidation sites excluding steroid dienone is 7. The number of rotatable bonds is 40.